The highest BCUT2D eigenvalue weighted by Gasteiger charge is 2.48. The highest BCUT2D eigenvalue weighted by molar-refractivity contribution is 7.92. The summed E-state index contributed by atoms with van der Waals surface area (Å²) in [6.07, 6.45) is 0.205. The van der Waals surface area contributed by atoms with E-state index in [4.69, 9.17) is 5.73 Å². The molecule has 2 aliphatic rings. The maximum Gasteiger partial charge on any atom is 0.156 e. The van der Waals surface area contributed by atoms with E-state index in [9.17, 15) is 13.5 Å². The molecule has 5 nitrogen and oxygen atoms in total. The van der Waals surface area contributed by atoms with E-state index in [2.05, 4.69) is 0 Å². The third-order valence-corrected chi connectivity index (χ3v) is 5.35. The van der Waals surface area contributed by atoms with Gasteiger partial charge in [0.25, 0.3) is 0 Å². The third-order valence-electron chi connectivity index (χ3n) is 3.14. The maximum absolute atomic E-state index is 11.4. The Morgan fingerprint density at radius 3 is 2.71 bits per heavy atom. The molecule has 2 fully saturated rings. The van der Waals surface area contributed by atoms with Crippen LogP contribution in [0.4, 0.5) is 0 Å². The number of nitrogens with two attached hydrogens (primary N) is 1. The van der Waals surface area contributed by atoms with Gasteiger partial charge in [0.2, 0.25) is 0 Å². The smallest absolute Gasteiger partial charge is 0.156 e. The predicted molar refractivity (Wildman–Crippen MR) is 52.6 cm³/mol. The first-order chi connectivity index (χ1) is 6.53. The SMILES string of the molecule is NC[C@H](O)CN1CC2CC1CS2(=O)=O. The molecule has 2 unspecified atom stereocenters. The van der Waals surface area contributed by atoms with Gasteiger partial charge in [-0.15, -0.1) is 0 Å². The van der Waals surface area contributed by atoms with E-state index in [0.717, 1.165) is 6.42 Å². The van der Waals surface area contributed by atoms with Crippen molar-refractivity contribution in [1.82, 2.24) is 4.90 Å². The molecule has 14 heavy (non-hydrogen) atoms. The molecule has 3 N–H and O–H groups in total. The van der Waals surface area contributed by atoms with Gasteiger partial charge in [-0.2, -0.15) is 0 Å². The van der Waals surface area contributed by atoms with Crippen molar-refractivity contribution in [3.8, 4) is 0 Å². The molecule has 0 saturated carbocycles. The van der Waals surface area contributed by atoms with Crippen LogP contribution in [-0.2, 0) is 9.84 Å². The molecule has 0 aliphatic carbocycles. The lowest BCUT2D eigenvalue weighted by molar-refractivity contribution is 0.115. The van der Waals surface area contributed by atoms with Crippen LogP contribution in [0.1, 0.15) is 6.42 Å². The lowest BCUT2D eigenvalue weighted by Crippen LogP contribution is -2.45. The van der Waals surface area contributed by atoms with Crippen LogP contribution in [0.25, 0.3) is 0 Å². The van der Waals surface area contributed by atoms with Crippen molar-refractivity contribution in [3.63, 3.8) is 0 Å². The van der Waals surface area contributed by atoms with Gasteiger partial charge in [0, 0.05) is 25.7 Å². The lowest BCUT2D eigenvalue weighted by Gasteiger charge is -2.28. The molecule has 0 spiro atoms. The van der Waals surface area contributed by atoms with Crippen LogP contribution in [0.15, 0.2) is 0 Å². The molecule has 2 aliphatic heterocycles. The summed E-state index contributed by atoms with van der Waals surface area (Å²) >= 11 is 0. The summed E-state index contributed by atoms with van der Waals surface area (Å²) in [5.41, 5.74) is 5.31. The molecule has 0 radical (unpaired) electrons. The molecule has 2 heterocycles. The molecule has 3 atom stereocenters. The molecular weight excluding hydrogens is 204 g/mol. The minimum Gasteiger partial charge on any atom is -0.390 e. The van der Waals surface area contributed by atoms with Crippen molar-refractivity contribution in [3.05, 3.63) is 0 Å². The Labute approximate surface area is 83.8 Å². The Bertz CT molecular complexity index is 317. The van der Waals surface area contributed by atoms with Crippen molar-refractivity contribution in [1.29, 1.82) is 0 Å². The quantitative estimate of drug-likeness (QED) is 0.585. The summed E-state index contributed by atoms with van der Waals surface area (Å²) in [6, 6.07) is 0.117. The number of nitrogens with zero attached hydrogens (tertiary/aromatic N) is 1. The van der Waals surface area contributed by atoms with Gasteiger partial charge in [-0.3, -0.25) is 4.90 Å². The van der Waals surface area contributed by atoms with E-state index < -0.39 is 15.9 Å². The molecule has 0 aromatic carbocycles. The highest BCUT2D eigenvalue weighted by atomic mass is 32.2. The summed E-state index contributed by atoms with van der Waals surface area (Å²) in [5, 5.41) is 9.16. The molecule has 82 valence electrons. The zero-order valence-electron chi connectivity index (χ0n) is 7.96. The standard InChI is InChI=1S/C8H16N2O3S/c9-2-7(11)3-10-4-8-1-6(10)5-14(8,12)13/h6-8,11H,1-5,9H2/t6?,7-,8?/m0/s1. The summed E-state index contributed by atoms with van der Waals surface area (Å²) in [7, 11) is -2.82. The number of rotatable bonds is 3. The Kier molecular flexibility index (Phi) is 2.55. The van der Waals surface area contributed by atoms with Crippen LogP contribution >= 0.6 is 0 Å². The van der Waals surface area contributed by atoms with Gasteiger partial charge in [0.15, 0.2) is 9.84 Å². The van der Waals surface area contributed by atoms with Crippen LogP contribution in [0.3, 0.4) is 0 Å². The summed E-state index contributed by atoms with van der Waals surface area (Å²) in [5.74, 6) is 0.259. The van der Waals surface area contributed by atoms with Crippen molar-refractivity contribution >= 4 is 9.84 Å². The van der Waals surface area contributed by atoms with Gasteiger partial charge in [-0.25, -0.2) is 8.42 Å². The lowest BCUT2D eigenvalue weighted by atomic mass is 10.2. The van der Waals surface area contributed by atoms with Crippen molar-refractivity contribution in [2.75, 3.05) is 25.4 Å². The van der Waals surface area contributed by atoms with Gasteiger partial charge >= 0.3 is 0 Å². The fourth-order valence-electron chi connectivity index (χ4n) is 2.34. The normalized spacial score (nSPS) is 37.6. The first-order valence-electron chi connectivity index (χ1n) is 4.86. The predicted octanol–water partition coefficient (Wildman–Crippen LogP) is -1.82. The number of aliphatic hydroxyl groups is 1. The van der Waals surface area contributed by atoms with Gasteiger partial charge in [0.1, 0.15) is 0 Å². The number of hydrogen-bond donors (Lipinski definition) is 2. The minimum absolute atomic E-state index is 0.117. The van der Waals surface area contributed by atoms with E-state index in [-0.39, 0.29) is 23.6 Å². The molecule has 0 aromatic heterocycles. The highest BCUT2D eigenvalue weighted by Crippen LogP contribution is 2.32. The summed E-state index contributed by atoms with van der Waals surface area (Å²) in [6.45, 7) is 1.32. The van der Waals surface area contributed by atoms with E-state index in [0.29, 0.717) is 13.1 Å². The summed E-state index contributed by atoms with van der Waals surface area (Å²) in [4.78, 5) is 2.04. The summed E-state index contributed by atoms with van der Waals surface area (Å²) < 4.78 is 22.8. The van der Waals surface area contributed by atoms with E-state index in [1.54, 1.807) is 0 Å². The minimum atomic E-state index is -2.82. The van der Waals surface area contributed by atoms with Gasteiger partial charge in [-0.1, -0.05) is 0 Å². The topological polar surface area (TPSA) is 83.6 Å². The number of sulfone groups is 1. The number of hydrogen-bond acceptors (Lipinski definition) is 5. The Morgan fingerprint density at radius 2 is 2.29 bits per heavy atom. The van der Waals surface area contributed by atoms with Crippen LogP contribution in [0, 0.1) is 0 Å². The zero-order chi connectivity index (χ0) is 10.3. The third kappa shape index (κ3) is 1.67. The molecular formula is C8H16N2O3S. The van der Waals surface area contributed by atoms with E-state index in [1.165, 1.54) is 0 Å². The molecule has 2 saturated heterocycles. The van der Waals surface area contributed by atoms with Gasteiger partial charge < -0.3 is 10.8 Å². The van der Waals surface area contributed by atoms with Crippen molar-refractivity contribution in [2.24, 2.45) is 5.73 Å². The van der Waals surface area contributed by atoms with Gasteiger partial charge in [0.05, 0.1) is 17.1 Å². The second-order valence-electron chi connectivity index (χ2n) is 4.18. The zero-order valence-corrected chi connectivity index (χ0v) is 8.78. The van der Waals surface area contributed by atoms with Crippen molar-refractivity contribution < 1.29 is 13.5 Å². The number of fused-ring (bicyclic) bond motifs is 2. The first-order valence-corrected chi connectivity index (χ1v) is 6.58. The van der Waals surface area contributed by atoms with Crippen LogP contribution in [0.2, 0.25) is 0 Å². The van der Waals surface area contributed by atoms with Crippen molar-refractivity contribution in [2.45, 2.75) is 23.8 Å². The molecule has 6 heteroatoms. The number of aliphatic hydroxyl groups excluding tert-OH is 1. The maximum atomic E-state index is 11.4. The molecule has 2 bridgehead atoms. The van der Waals surface area contributed by atoms with Gasteiger partial charge in [-0.05, 0) is 6.42 Å². The molecule has 2 rings (SSSR count). The Hall–Kier alpha value is -0.170. The fourth-order valence-corrected chi connectivity index (χ4v) is 4.43. The van der Waals surface area contributed by atoms with Crippen LogP contribution in [-0.4, -0.2) is 61.2 Å². The average molecular weight is 220 g/mol. The second kappa shape index (κ2) is 3.44. The molecule has 0 aromatic rings. The Morgan fingerprint density at radius 1 is 1.57 bits per heavy atom. The van der Waals surface area contributed by atoms with Crippen LogP contribution in [0.5, 0.6) is 0 Å². The number of likely N-dealkylation sites (tertiary alicyclic amines) is 1. The number of β-amino-alcohol motifs (C(OH)–C–C–N with tert-alkyl or cyclic N) is 1. The largest absolute Gasteiger partial charge is 0.390 e. The Balaban J connectivity index is 1.97. The van der Waals surface area contributed by atoms with E-state index >= 15 is 0 Å². The van der Waals surface area contributed by atoms with E-state index in [1.807, 2.05) is 4.90 Å². The monoisotopic (exact) mass is 220 g/mol. The fraction of sp³-hybridized carbons (Fsp3) is 1.00. The second-order valence-corrected chi connectivity index (χ2v) is 6.51. The van der Waals surface area contributed by atoms with Crippen LogP contribution < -0.4 is 5.73 Å². The first kappa shape index (κ1) is 10.4. The molecule has 0 amide bonds. The average Bonchev–Trinajstić information content (AvgIpc) is 2.59.